The molecular weight excluding hydrogens is 402 g/mol. The second kappa shape index (κ2) is 10.7. The van der Waals surface area contributed by atoms with Crippen LogP contribution in [0.3, 0.4) is 0 Å². The number of nitrogens with zero attached hydrogens (tertiary/aromatic N) is 3. The number of allylic oxidation sites excluding steroid dienone is 1. The van der Waals surface area contributed by atoms with Gasteiger partial charge in [-0.1, -0.05) is 29.4 Å². The normalized spacial score (nSPS) is 11.5. The van der Waals surface area contributed by atoms with Crippen LogP contribution in [0.25, 0.3) is 0 Å². The molecular formula is C18H22ClN5O3S. The lowest BCUT2D eigenvalue weighted by Crippen LogP contribution is -2.42. The van der Waals surface area contributed by atoms with Gasteiger partial charge in [-0.15, -0.1) is 16.8 Å². The van der Waals surface area contributed by atoms with Gasteiger partial charge in [-0.3, -0.25) is 14.7 Å². The number of ether oxygens (including phenoxy) is 1. The number of benzene rings is 1. The van der Waals surface area contributed by atoms with Crippen molar-refractivity contribution in [2.24, 2.45) is 0 Å². The Labute approximate surface area is 172 Å². The molecule has 1 aromatic heterocycles. The minimum atomic E-state index is -0.541. The van der Waals surface area contributed by atoms with Gasteiger partial charge in [-0.05, 0) is 38.1 Å². The molecule has 3 amide bonds. The summed E-state index contributed by atoms with van der Waals surface area (Å²) in [6, 6.07) is 6.48. The Balaban J connectivity index is 2.04. The summed E-state index contributed by atoms with van der Waals surface area (Å²) in [7, 11) is 0. The molecule has 10 heteroatoms. The SMILES string of the molecule is C=CCn1c(COc2ccc(Cl)cc2)nnc1S[C@@H](C)C(=O)NC(=O)NCC. The van der Waals surface area contributed by atoms with Crippen molar-refractivity contribution in [1.82, 2.24) is 25.4 Å². The summed E-state index contributed by atoms with van der Waals surface area (Å²) >= 11 is 7.07. The van der Waals surface area contributed by atoms with Gasteiger partial charge in [0.2, 0.25) is 5.91 Å². The molecule has 0 saturated heterocycles. The molecule has 2 rings (SSSR count). The Kier molecular flexibility index (Phi) is 8.34. The predicted octanol–water partition coefficient (Wildman–Crippen LogP) is 3.02. The first-order valence-corrected chi connectivity index (χ1v) is 9.87. The summed E-state index contributed by atoms with van der Waals surface area (Å²) in [6.07, 6.45) is 1.71. The third kappa shape index (κ3) is 6.28. The van der Waals surface area contributed by atoms with E-state index >= 15 is 0 Å². The molecule has 1 aromatic carbocycles. The van der Waals surface area contributed by atoms with E-state index < -0.39 is 17.2 Å². The summed E-state index contributed by atoms with van der Waals surface area (Å²) in [5, 5.41) is 13.7. The fourth-order valence-electron chi connectivity index (χ4n) is 2.13. The van der Waals surface area contributed by atoms with E-state index in [0.29, 0.717) is 34.8 Å². The van der Waals surface area contributed by atoms with E-state index in [4.69, 9.17) is 16.3 Å². The Hall–Kier alpha value is -2.52. The van der Waals surface area contributed by atoms with E-state index in [0.717, 1.165) is 0 Å². The van der Waals surface area contributed by atoms with Crippen LogP contribution in [0.1, 0.15) is 19.7 Å². The number of amides is 3. The van der Waals surface area contributed by atoms with E-state index in [1.54, 1.807) is 44.2 Å². The number of thioether (sulfide) groups is 1. The number of hydrogen-bond donors (Lipinski definition) is 2. The summed E-state index contributed by atoms with van der Waals surface area (Å²) in [4.78, 5) is 23.6. The third-order valence-corrected chi connectivity index (χ3v) is 4.84. The van der Waals surface area contributed by atoms with Crippen molar-refractivity contribution in [3.8, 4) is 5.75 Å². The van der Waals surface area contributed by atoms with E-state index in [9.17, 15) is 9.59 Å². The maximum Gasteiger partial charge on any atom is 0.321 e. The number of aromatic nitrogens is 3. The minimum absolute atomic E-state index is 0.197. The number of imide groups is 1. The number of carbonyl (C=O) groups is 2. The minimum Gasteiger partial charge on any atom is -0.486 e. The second-order valence-corrected chi connectivity index (χ2v) is 7.39. The van der Waals surface area contributed by atoms with Gasteiger partial charge in [0.15, 0.2) is 11.0 Å². The first-order chi connectivity index (χ1) is 13.4. The Morgan fingerprint density at radius 2 is 2.07 bits per heavy atom. The fraction of sp³-hybridized carbons (Fsp3) is 0.333. The summed E-state index contributed by atoms with van der Waals surface area (Å²) in [5.74, 6) is 0.832. The molecule has 28 heavy (non-hydrogen) atoms. The van der Waals surface area contributed by atoms with Crippen molar-refractivity contribution in [3.05, 3.63) is 47.8 Å². The molecule has 0 spiro atoms. The maximum absolute atomic E-state index is 12.1. The van der Waals surface area contributed by atoms with E-state index in [1.165, 1.54) is 11.8 Å². The zero-order valence-electron chi connectivity index (χ0n) is 15.6. The molecule has 0 unspecified atom stereocenters. The first-order valence-electron chi connectivity index (χ1n) is 8.61. The van der Waals surface area contributed by atoms with Gasteiger partial charge >= 0.3 is 6.03 Å². The van der Waals surface area contributed by atoms with Crippen LogP contribution in [0.2, 0.25) is 5.02 Å². The summed E-state index contributed by atoms with van der Waals surface area (Å²) in [5.41, 5.74) is 0. The van der Waals surface area contributed by atoms with Gasteiger partial charge in [0, 0.05) is 18.1 Å². The van der Waals surface area contributed by atoms with E-state index in [2.05, 4.69) is 27.4 Å². The molecule has 150 valence electrons. The van der Waals surface area contributed by atoms with Gasteiger partial charge in [0.1, 0.15) is 12.4 Å². The maximum atomic E-state index is 12.1. The highest BCUT2D eigenvalue weighted by molar-refractivity contribution is 8.00. The van der Waals surface area contributed by atoms with Crippen molar-refractivity contribution >= 4 is 35.3 Å². The largest absolute Gasteiger partial charge is 0.486 e. The van der Waals surface area contributed by atoms with Gasteiger partial charge in [0.05, 0.1) is 5.25 Å². The average Bonchev–Trinajstić information content (AvgIpc) is 3.03. The lowest BCUT2D eigenvalue weighted by molar-refractivity contribution is -0.119. The van der Waals surface area contributed by atoms with E-state index in [-0.39, 0.29) is 6.61 Å². The molecule has 0 aliphatic heterocycles. The Morgan fingerprint density at radius 1 is 1.36 bits per heavy atom. The summed E-state index contributed by atoms with van der Waals surface area (Å²) in [6.45, 7) is 8.30. The van der Waals surface area contributed by atoms with Crippen LogP contribution in [0, 0.1) is 0 Å². The highest BCUT2D eigenvalue weighted by atomic mass is 35.5. The molecule has 1 heterocycles. The lowest BCUT2D eigenvalue weighted by atomic mass is 10.3. The van der Waals surface area contributed by atoms with Crippen LogP contribution >= 0.6 is 23.4 Å². The average molecular weight is 424 g/mol. The third-order valence-electron chi connectivity index (χ3n) is 3.51. The van der Waals surface area contributed by atoms with Crippen LogP contribution in [-0.4, -0.2) is 38.5 Å². The Bertz CT molecular complexity index is 825. The molecule has 0 aliphatic carbocycles. The van der Waals surface area contributed by atoms with Crippen LogP contribution in [0.5, 0.6) is 5.75 Å². The van der Waals surface area contributed by atoms with Gasteiger partial charge in [0.25, 0.3) is 0 Å². The standard InChI is InChI=1S/C18H22ClN5O3S/c1-4-10-24-15(11-27-14-8-6-13(19)7-9-14)22-23-18(24)28-12(3)16(25)21-17(26)20-5-2/h4,6-9,12H,1,5,10-11H2,2-3H3,(H2,20,21,25,26)/t12-/m0/s1. The summed E-state index contributed by atoms with van der Waals surface area (Å²) < 4.78 is 7.53. The van der Waals surface area contributed by atoms with Crippen LogP contribution < -0.4 is 15.4 Å². The zero-order chi connectivity index (χ0) is 20.5. The molecule has 1 atom stereocenters. The van der Waals surface area contributed by atoms with Crippen molar-refractivity contribution < 1.29 is 14.3 Å². The number of rotatable bonds is 9. The number of nitrogens with one attached hydrogen (secondary N) is 2. The molecule has 2 N–H and O–H groups in total. The number of urea groups is 1. The van der Waals surface area contributed by atoms with E-state index in [1.807, 2.05) is 4.57 Å². The van der Waals surface area contributed by atoms with Gasteiger partial charge in [-0.25, -0.2) is 4.79 Å². The molecule has 2 aromatic rings. The topological polar surface area (TPSA) is 98.1 Å². The zero-order valence-corrected chi connectivity index (χ0v) is 17.2. The van der Waals surface area contributed by atoms with Gasteiger partial charge in [-0.2, -0.15) is 0 Å². The second-order valence-electron chi connectivity index (χ2n) is 5.65. The Morgan fingerprint density at radius 3 is 2.71 bits per heavy atom. The molecule has 0 saturated carbocycles. The van der Waals surface area contributed by atoms with Crippen LogP contribution in [0.15, 0.2) is 42.1 Å². The quantitative estimate of drug-likeness (QED) is 0.475. The van der Waals surface area contributed by atoms with Crippen LogP contribution in [0.4, 0.5) is 4.79 Å². The molecule has 0 aliphatic rings. The predicted molar refractivity (Wildman–Crippen MR) is 109 cm³/mol. The van der Waals surface area contributed by atoms with Crippen molar-refractivity contribution in [2.75, 3.05) is 6.54 Å². The molecule has 0 radical (unpaired) electrons. The fourth-order valence-corrected chi connectivity index (χ4v) is 3.14. The smallest absolute Gasteiger partial charge is 0.321 e. The lowest BCUT2D eigenvalue weighted by Gasteiger charge is -2.12. The van der Waals surface area contributed by atoms with Crippen molar-refractivity contribution in [3.63, 3.8) is 0 Å². The van der Waals surface area contributed by atoms with Crippen LogP contribution in [-0.2, 0) is 17.9 Å². The van der Waals surface area contributed by atoms with Gasteiger partial charge < -0.3 is 10.1 Å². The molecule has 0 bridgehead atoms. The number of hydrogen-bond acceptors (Lipinski definition) is 6. The highest BCUT2D eigenvalue weighted by Gasteiger charge is 2.21. The molecule has 8 nitrogen and oxygen atoms in total. The number of carbonyl (C=O) groups excluding carboxylic acids is 2. The highest BCUT2D eigenvalue weighted by Crippen LogP contribution is 2.23. The number of halogens is 1. The van der Waals surface area contributed by atoms with Crippen molar-refractivity contribution in [2.45, 2.75) is 37.4 Å². The monoisotopic (exact) mass is 423 g/mol. The first kappa shape index (κ1) is 21.8. The molecule has 0 fully saturated rings. The van der Waals surface area contributed by atoms with Crippen molar-refractivity contribution in [1.29, 1.82) is 0 Å².